The molecule has 0 spiro atoms. The van der Waals surface area contributed by atoms with Gasteiger partial charge < -0.3 is 4.74 Å². The largest absolute Gasteiger partial charge is 0.372 e. The van der Waals surface area contributed by atoms with E-state index in [1.807, 2.05) is 29.1 Å². The number of aromatic nitrogens is 5. The van der Waals surface area contributed by atoms with Crippen LogP contribution in [0.15, 0.2) is 49.1 Å². The van der Waals surface area contributed by atoms with E-state index in [2.05, 4.69) is 39.1 Å². The minimum absolute atomic E-state index is 0.0219. The zero-order valence-electron chi connectivity index (χ0n) is 13.7. The van der Waals surface area contributed by atoms with E-state index in [4.69, 9.17) is 4.74 Å². The molecule has 0 amide bonds. The molecule has 6 nitrogen and oxygen atoms in total. The highest BCUT2D eigenvalue weighted by Crippen LogP contribution is 2.34. The Morgan fingerprint density at radius 2 is 2.04 bits per heavy atom. The van der Waals surface area contributed by atoms with Gasteiger partial charge in [-0.3, -0.25) is 9.67 Å². The molecule has 0 N–H and O–H groups in total. The van der Waals surface area contributed by atoms with E-state index in [1.165, 1.54) is 0 Å². The molecular weight excluding hydrogens is 302 g/mol. The van der Waals surface area contributed by atoms with Gasteiger partial charge >= 0.3 is 0 Å². The summed E-state index contributed by atoms with van der Waals surface area (Å²) in [5.41, 5.74) is 3.22. The Morgan fingerprint density at radius 1 is 1.17 bits per heavy atom. The lowest BCUT2D eigenvalue weighted by Gasteiger charge is -2.30. The molecule has 0 aliphatic carbocycles. The van der Waals surface area contributed by atoms with Gasteiger partial charge in [0, 0.05) is 37.8 Å². The molecule has 1 aliphatic rings. The molecule has 6 heteroatoms. The molecule has 1 fully saturated rings. The minimum Gasteiger partial charge on any atom is -0.372 e. The van der Waals surface area contributed by atoms with Crippen LogP contribution in [0.25, 0.3) is 5.69 Å². The van der Waals surface area contributed by atoms with E-state index in [9.17, 15) is 0 Å². The molecule has 1 aliphatic heterocycles. The first-order chi connectivity index (χ1) is 11.8. The number of rotatable bonds is 4. The SMILES string of the molecule is CCc1ccn(C2CCOC(c3ccnn3-c3ccncc3)C2)n1. The predicted molar refractivity (Wildman–Crippen MR) is 89.9 cm³/mol. The molecule has 24 heavy (non-hydrogen) atoms. The van der Waals surface area contributed by atoms with Crippen LogP contribution in [0.1, 0.15) is 43.3 Å². The van der Waals surface area contributed by atoms with E-state index in [0.717, 1.165) is 42.9 Å². The highest BCUT2D eigenvalue weighted by Gasteiger charge is 2.28. The van der Waals surface area contributed by atoms with Crippen LogP contribution in [0.5, 0.6) is 0 Å². The zero-order valence-corrected chi connectivity index (χ0v) is 13.7. The van der Waals surface area contributed by atoms with Crippen molar-refractivity contribution in [3.8, 4) is 5.69 Å². The summed E-state index contributed by atoms with van der Waals surface area (Å²) in [5.74, 6) is 0. The summed E-state index contributed by atoms with van der Waals surface area (Å²) in [4.78, 5) is 4.08. The third-order valence-electron chi connectivity index (χ3n) is 4.57. The molecule has 0 radical (unpaired) electrons. The number of pyridine rings is 1. The molecule has 3 aromatic heterocycles. The Labute approximate surface area is 141 Å². The van der Waals surface area contributed by atoms with Gasteiger partial charge in [0.25, 0.3) is 0 Å². The van der Waals surface area contributed by atoms with Crippen molar-refractivity contribution in [1.29, 1.82) is 0 Å². The van der Waals surface area contributed by atoms with Gasteiger partial charge in [0.1, 0.15) is 6.10 Å². The average Bonchev–Trinajstić information content (AvgIpc) is 3.32. The first-order valence-electron chi connectivity index (χ1n) is 8.45. The molecule has 2 unspecified atom stereocenters. The molecule has 2 atom stereocenters. The van der Waals surface area contributed by atoms with Crippen LogP contribution in [-0.2, 0) is 11.2 Å². The van der Waals surface area contributed by atoms with Crippen molar-refractivity contribution in [3.63, 3.8) is 0 Å². The normalized spacial score (nSPS) is 21.0. The van der Waals surface area contributed by atoms with Crippen molar-refractivity contribution in [2.24, 2.45) is 0 Å². The first-order valence-corrected chi connectivity index (χ1v) is 8.45. The number of hydrogen-bond acceptors (Lipinski definition) is 4. The summed E-state index contributed by atoms with van der Waals surface area (Å²) < 4.78 is 10.1. The maximum absolute atomic E-state index is 6.05. The third-order valence-corrected chi connectivity index (χ3v) is 4.57. The molecular formula is C18H21N5O. The number of hydrogen-bond donors (Lipinski definition) is 0. The van der Waals surface area contributed by atoms with Crippen molar-refractivity contribution in [2.75, 3.05) is 6.61 Å². The summed E-state index contributed by atoms with van der Waals surface area (Å²) >= 11 is 0. The first kappa shape index (κ1) is 15.1. The Morgan fingerprint density at radius 3 is 2.83 bits per heavy atom. The quantitative estimate of drug-likeness (QED) is 0.740. The van der Waals surface area contributed by atoms with Crippen LogP contribution in [0, 0.1) is 0 Å². The van der Waals surface area contributed by atoms with Gasteiger partial charge in [0.15, 0.2) is 0 Å². The van der Waals surface area contributed by atoms with Crippen LogP contribution in [0.2, 0.25) is 0 Å². The van der Waals surface area contributed by atoms with Crippen molar-refractivity contribution >= 4 is 0 Å². The molecule has 0 saturated carbocycles. The maximum atomic E-state index is 6.05. The summed E-state index contributed by atoms with van der Waals surface area (Å²) in [6, 6.07) is 8.42. The molecule has 0 aromatic carbocycles. The standard InChI is InChI=1S/C18H21N5O/c1-2-14-6-11-22(21-14)16-7-12-24-18(13-16)17-5-10-20-23(17)15-3-8-19-9-4-15/h3-6,8-11,16,18H,2,7,12-13H2,1H3. The van der Waals surface area contributed by atoms with Crippen molar-refractivity contribution < 1.29 is 4.74 Å². The summed E-state index contributed by atoms with van der Waals surface area (Å²) in [6.07, 6.45) is 10.4. The van der Waals surface area contributed by atoms with Crippen molar-refractivity contribution in [2.45, 2.75) is 38.3 Å². The van der Waals surface area contributed by atoms with Crippen molar-refractivity contribution in [1.82, 2.24) is 24.5 Å². The van der Waals surface area contributed by atoms with Crippen LogP contribution in [-0.4, -0.2) is 31.2 Å². The van der Waals surface area contributed by atoms with Gasteiger partial charge in [-0.05, 0) is 37.1 Å². The lowest BCUT2D eigenvalue weighted by molar-refractivity contribution is -0.0130. The molecule has 124 valence electrons. The fourth-order valence-corrected chi connectivity index (χ4v) is 3.25. The maximum Gasteiger partial charge on any atom is 0.102 e. The fraction of sp³-hybridized carbons (Fsp3) is 0.389. The molecule has 0 bridgehead atoms. The lowest BCUT2D eigenvalue weighted by atomic mass is 10.0. The van der Waals surface area contributed by atoms with Gasteiger partial charge in [-0.1, -0.05) is 6.92 Å². The van der Waals surface area contributed by atoms with Gasteiger partial charge in [-0.2, -0.15) is 10.2 Å². The van der Waals surface area contributed by atoms with Gasteiger partial charge in [0.05, 0.1) is 23.1 Å². The summed E-state index contributed by atoms with van der Waals surface area (Å²) in [5, 5.41) is 9.14. The Balaban J connectivity index is 1.58. The minimum atomic E-state index is 0.0219. The third kappa shape index (κ3) is 2.85. The highest BCUT2D eigenvalue weighted by atomic mass is 16.5. The van der Waals surface area contributed by atoms with Gasteiger partial charge in [-0.15, -0.1) is 0 Å². The summed E-state index contributed by atoms with van der Waals surface area (Å²) in [6.45, 7) is 2.87. The van der Waals surface area contributed by atoms with E-state index in [-0.39, 0.29) is 6.10 Å². The van der Waals surface area contributed by atoms with E-state index in [1.54, 1.807) is 12.4 Å². The number of ether oxygens (including phenoxy) is 1. The Kier molecular flexibility index (Phi) is 4.13. The second-order valence-electron chi connectivity index (χ2n) is 6.05. The van der Waals surface area contributed by atoms with Crippen LogP contribution >= 0.6 is 0 Å². The Bertz CT molecular complexity index is 795. The second-order valence-corrected chi connectivity index (χ2v) is 6.05. The molecule has 1 saturated heterocycles. The molecule has 4 heterocycles. The lowest BCUT2D eigenvalue weighted by Crippen LogP contribution is -2.24. The van der Waals surface area contributed by atoms with E-state index < -0.39 is 0 Å². The average molecular weight is 323 g/mol. The topological polar surface area (TPSA) is 57.8 Å². The smallest absolute Gasteiger partial charge is 0.102 e. The van der Waals surface area contributed by atoms with Gasteiger partial charge in [0.2, 0.25) is 0 Å². The Hall–Kier alpha value is -2.47. The predicted octanol–water partition coefficient (Wildman–Crippen LogP) is 3.12. The van der Waals surface area contributed by atoms with Crippen molar-refractivity contribution in [3.05, 3.63) is 60.4 Å². The van der Waals surface area contributed by atoms with Crippen LogP contribution in [0.4, 0.5) is 0 Å². The number of aryl methyl sites for hydroxylation is 1. The van der Waals surface area contributed by atoms with E-state index in [0.29, 0.717) is 6.04 Å². The fourth-order valence-electron chi connectivity index (χ4n) is 3.25. The highest BCUT2D eigenvalue weighted by molar-refractivity contribution is 5.31. The van der Waals surface area contributed by atoms with E-state index >= 15 is 0 Å². The van der Waals surface area contributed by atoms with Gasteiger partial charge in [-0.25, -0.2) is 4.68 Å². The zero-order chi connectivity index (χ0) is 16.4. The second kappa shape index (κ2) is 6.57. The monoisotopic (exact) mass is 323 g/mol. The van der Waals surface area contributed by atoms with Crippen LogP contribution in [0.3, 0.4) is 0 Å². The molecule has 3 aromatic rings. The van der Waals surface area contributed by atoms with Crippen LogP contribution < -0.4 is 0 Å². The molecule has 4 rings (SSSR count). The number of nitrogens with zero attached hydrogens (tertiary/aromatic N) is 5. The summed E-state index contributed by atoms with van der Waals surface area (Å²) in [7, 11) is 0.